The number of rotatable bonds is 20. The largest absolute Gasteiger partial charge is 0.478 e. The van der Waals surface area contributed by atoms with Gasteiger partial charge in [0.15, 0.2) is 0 Å². The van der Waals surface area contributed by atoms with Gasteiger partial charge in [-0.25, -0.2) is 19.2 Å². The molecule has 0 saturated carbocycles. The molecule has 0 rings (SSSR count). The van der Waals surface area contributed by atoms with Gasteiger partial charge in [-0.1, -0.05) is 131 Å². The summed E-state index contributed by atoms with van der Waals surface area (Å²) in [5.74, 6) is -3.51. The Morgan fingerprint density at radius 3 is 0.878 bits per heavy atom. The molecule has 9 heteroatoms. The fraction of sp³-hybridized carbons (Fsp3) is 0.750. The van der Waals surface area contributed by atoms with E-state index >= 15 is 0 Å². The maximum absolute atomic E-state index is 10.6. The molecule has 0 aliphatic carbocycles. The molecule has 0 aromatic heterocycles. The van der Waals surface area contributed by atoms with Crippen LogP contribution in [0.2, 0.25) is 0 Å². The Balaban J connectivity index is -0.000000142. The average molecular weight is 692 g/mol. The molecule has 0 unspecified atom stereocenters. The van der Waals surface area contributed by atoms with Crippen LogP contribution >= 0.6 is 0 Å². The zero-order chi connectivity index (χ0) is 31.3. The van der Waals surface area contributed by atoms with E-state index in [4.69, 9.17) is 10.2 Å². The molecule has 41 heavy (non-hydrogen) atoms. The van der Waals surface area contributed by atoms with Gasteiger partial charge in [-0.15, -0.1) is 0 Å². The van der Waals surface area contributed by atoms with E-state index in [1.807, 2.05) is 13.8 Å². The second-order valence-electron chi connectivity index (χ2n) is 9.21. The maximum Gasteiger partial charge on any atom is 0.331 e. The molecule has 0 spiro atoms. The molecule has 240 valence electrons. The van der Waals surface area contributed by atoms with Crippen molar-refractivity contribution in [2.24, 2.45) is 0 Å². The summed E-state index contributed by atoms with van der Waals surface area (Å²) in [4.78, 5) is 41.2. The molecule has 0 atom stereocenters. The summed E-state index contributed by atoms with van der Waals surface area (Å²) in [6.45, 7) is 13.7. The maximum atomic E-state index is 10.6. The first-order chi connectivity index (χ1) is 19.2. The zero-order valence-electron chi connectivity index (χ0n) is 26.9. The van der Waals surface area contributed by atoms with Crippen LogP contribution in [-0.4, -0.2) is 71.2 Å². The van der Waals surface area contributed by atoms with E-state index in [1.165, 1.54) is 77.0 Å². The van der Waals surface area contributed by atoms with Crippen LogP contribution in [-0.2, 0) is 28.7 Å². The molecular formula is C32H60O8Sn. The van der Waals surface area contributed by atoms with Crippen LogP contribution < -0.4 is 0 Å². The Morgan fingerprint density at radius 1 is 0.439 bits per heavy atom. The van der Waals surface area contributed by atoms with Gasteiger partial charge in [0.1, 0.15) is 0 Å². The SMILES string of the molecule is CCCCCCCC.CCCCCCCC.CCCCOC(=O)/C=C\C(=O)O.CCCCOC(=O)/C=C\C(=O)O.[Sn]. The summed E-state index contributed by atoms with van der Waals surface area (Å²) in [6.07, 6.45) is 23.8. The van der Waals surface area contributed by atoms with Gasteiger partial charge in [0.2, 0.25) is 0 Å². The van der Waals surface area contributed by atoms with Gasteiger partial charge in [0, 0.05) is 48.2 Å². The number of hydrogen-bond acceptors (Lipinski definition) is 6. The van der Waals surface area contributed by atoms with Crippen LogP contribution in [0.5, 0.6) is 0 Å². The molecule has 0 aromatic carbocycles. The van der Waals surface area contributed by atoms with E-state index in [0.29, 0.717) is 13.2 Å². The molecule has 0 aliphatic rings. The Bertz CT molecular complexity index is 567. The van der Waals surface area contributed by atoms with Crippen molar-refractivity contribution in [1.82, 2.24) is 0 Å². The van der Waals surface area contributed by atoms with E-state index in [1.54, 1.807) is 0 Å². The quantitative estimate of drug-likeness (QED) is 0.0565. The average Bonchev–Trinajstić information content (AvgIpc) is 2.93. The number of carbonyl (C=O) groups excluding carboxylic acids is 2. The van der Waals surface area contributed by atoms with Gasteiger partial charge in [0.05, 0.1) is 13.2 Å². The number of unbranched alkanes of at least 4 members (excludes halogenated alkanes) is 12. The predicted molar refractivity (Wildman–Crippen MR) is 169 cm³/mol. The Labute approximate surface area is 267 Å². The summed E-state index contributed by atoms with van der Waals surface area (Å²) in [5, 5.41) is 16.3. The normalized spacial score (nSPS) is 9.71. The minimum Gasteiger partial charge on any atom is -0.478 e. The molecule has 0 amide bonds. The van der Waals surface area contributed by atoms with Gasteiger partial charge in [-0.3, -0.25) is 0 Å². The van der Waals surface area contributed by atoms with Gasteiger partial charge in [-0.05, 0) is 12.8 Å². The van der Waals surface area contributed by atoms with Crippen molar-refractivity contribution in [3.8, 4) is 0 Å². The molecular weight excluding hydrogens is 631 g/mol. The van der Waals surface area contributed by atoms with Crippen molar-refractivity contribution in [1.29, 1.82) is 0 Å². The topological polar surface area (TPSA) is 127 Å². The van der Waals surface area contributed by atoms with Crippen molar-refractivity contribution >= 4 is 47.8 Å². The Hall–Kier alpha value is -1.84. The molecule has 0 saturated heterocycles. The fourth-order valence-electron chi connectivity index (χ4n) is 2.72. The number of carbonyl (C=O) groups is 4. The van der Waals surface area contributed by atoms with Gasteiger partial charge in [-0.2, -0.15) is 0 Å². The number of carboxylic acids is 2. The molecule has 0 heterocycles. The summed E-state index contributed by atoms with van der Waals surface area (Å²) in [5.41, 5.74) is 0. The van der Waals surface area contributed by atoms with Crippen LogP contribution in [0, 0.1) is 0 Å². The minimum atomic E-state index is -1.15. The molecule has 0 fully saturated rings. The number of ether oxygens (including phenoxy) is 2. The third kappa shape index (κ3) is 62.9. The van der Waals surface area contributed by atoms with Crippen LogP contribution in [0.4, 0.5) is 0 Å². The van der Waals surface area contributed by atoms with Crippen molar-refractivity contribution < 1.29 is 38.9 Å². The van der Waals surface area contributed by atoms with Crippen LogP contribution in [0.15, 0.2) is 24.3 Å². The van der Waals surface area contributed by atoms with Crippen LogP contribution in [0.25, 0.3) is 0 Å². The number of hydrogen-bond donors (Lipinski definition) is 2. The number of carboxylic acid groups (broad SMARTS) is 2. The summed E-state index contributed by atoms with van der Waals surface area (Å²) >= 11 is 0. The minimum absolute atomic E-state index is 0. The van der Waals surface area contributed by atoms with E-state index in [9.17, 15) is 19.2 Å². The summed E-state index contributed by atoms with van der Waals surface area (Å²) < 4.78 is 9.29. The molecule has 0 aliphatic heterocycles. The first kappa shape index (κ1) is 48.9. The van der Waals surface area contributed by atoms with Gasteiger partial charge >= 0.3 is 23.9 Å². The van der Waals surface area contributed by atoms with Crippen LogP contribution in [0.3, 0.4) is 0 Å². The van der Waals surface area contributed by atoms with Gasteiger partial charge < -0.3 is 19.7 Å². The number of esters is 2. The summed E-state index contributed by atoms with van der Waals surface area (Å²) in [7, 11) is 0. The van der Waals surface area contributed by atoms with E-state index in [-0.39, 0.29) is 23.9 Å². The van der Waals surface area contributed by atoms with E-state index < -0.39 is 23.9 Å². The predicted octanol–water partition coefficient (Wildman–Crippen LogP) is 8.29. The molecule has 2 N–H and O–H groups in total. The smallest absolute Gasteiger partial charge is 0.331 e. The zero-order valence-corrected chi connectivity index (χ0v) is 29.7. The second kappa shape index (κ2) is 45.2. The molecule has 0 bridgehead atoms. The third-order valence-electron chi connectivity index (χ3n) is 5.12. The fourth-order valence-corrected chi connectivity index (χ4v) is 2.72. The summed E-state index contributed by atoms with van der Waals surface area (Å²) in [6, 6.07) is 0. The standard InChI is InChI=1S/2C8H12O4.2C8H18.Sn/c2*1-2-3-6-12-8(11)5-4-7(9)10;2*1-3-5-7-8-6-4-2;/h2*4-5H,2-3,6H2,1H3,(H,9,10);2*3-8H2,1-2H3;/b2*5-4-;;;. The Kier molecular flexibility index (Phi) is 53.8. The first-order valence-corrected chi connectivity index (χ1v) is 15.3. The Morgan fingerprint density at radius 2 is 0.683 bits per heavy atom. The van der Waals surface area contributed by atoms with Crippen molar-refractivity contribution in [3.05, 3.63) is 24.3 Å². The first-order valence-electron chi connectivity index (χ1n) is 15.3. The van der Waals surface area contributed by atoms with E-state index in [0.717, 1.165) is 50.0 Å². The second-order valence-corrected chi connectivity index (χ2v) is 9.21. The van der Waals surface area contributed by atoms with Gasteiger partial charge in [0.25, 0.3) is 0 Å². The molecule has 8 nitrogen and oxygen atoms in total. The molecule has 4 radical (unpaired) electrons. The van der Waals surface area contributed by atoms with Crippen molar-refractivity contribution in [2.75, 3.05) is 13.2 Å². The third-order valence-corrected chi connectivity index (χ3v) is 5.12. The number of aliphatic carboxylic acids is 2. The van der Waals surface area contributed by atoms with E-state index in [2.05, 4.69) is 37.2 Å². The van der Waals surface area contributed by atoms with Crippen LogP contribution in [0.1, 0.15) is 144 Å². The van der Waals surface area contributed by atoms with Crippen molar-refractivity contribution in [3.63, 3.8) is 0 Å². The molecule has 0 aromatic rings. The monoisotopic (exact) mass is 692 g/mol. The van der Waals surface area contributed by atoms with Crippen molar-refractivity contribution in [2.45, 2.75) is 144 Å².